The Kier molecular flexibility index (Phi) is 6.78. The second kappa shape index (κ2) is 9.49. The summed E-state index contributed by atoms with van der Waals surface area (Å²) >= 11 is 3.47. The van der Waals surface area contributed by atoms with E-state index in [1.165, 1.54) is 7.11 Å². The van der Waals surface area contributed by atoms with Gasteiger partial charge in [0.25, 0.3) is 11.5 Å². The molecule has 1 heterocycles. The molecule has 1 amide bonds. The van der Waals surface area contributed by atoms with E-state index in [9.17, 15) is 14.9 Å². The van der Waals surface area contributed by atoms with Crippen LogP contribution in [-0.4, -0.2) is 24.6 Å². The third kappa shape index (κ3) is 4.95. The molecule has 0 unspecified atom stereocenters. The minimum absolute atomic E-state index is 0.000342. The largest absolute Gasteiger partial charge is 0.493 e. The summed E-state index contributed by atoms with van der Waals surface area (Å²) in [7, 11) is 1.47. The molecule has 158 valence electrons. The second-order valence-electron chi connectivity index (χ2n) is 6.82. The van der Waals surface area contributed by atoms with Crippen LogP contribution in [0.5, 0.6) is 11.5 Å². The van der Waals surface area contributed by atoms with Crippen LogP contribution in [0.1, 0.15) is 16.8 Å². The van der Waals surface area contributed by atoms with Gasteiger partial charge in [0.05, 0.1) is 7.11 Å². The van der Waals surface area contributed by atoms with Crippen LogP contribution < -0.4 is 20.3 Å². The maximum absolute atomic E-state index is 12.3. The number of halogens is 1. The van der Waals surface area contributed by atoms with Crippen molar-refractivity contribution in [3.8, 4) is 28.7 Å². The number of ether oxygens (including phenoxy) is 2. The standard InChI is InChI=1S/C23H20BrN3O4/c1-13-6-4-5-7-19(13)27-22(28)12-31-21-10-18(24)16(9-20(21)30-3)15-8-14(2)26-23(29)17(15)11-25/h4-10H,12H2,1-3H3,(H,26,29)(H,27,28). The van der Waals surface area contributed by atoms with Crippen molar-refractivity contribution in [1.29, 1.82) is 5.26 Å². The number of aryl methyl sites for hydroxylation is 2. The fourth-order valence-corrected chi connectivity index (χ4v) is 3.60. The zero-order valence-electron chi connectivity index (χ0n) is 17.2. The quantitative estimate of drug-likeness (QED) is 0.545. The summed E-state index contributed by atoms with van der Waals surface area (Å²) in [6.45, 7) is 3.42. The number of H-pyrrole nitrogens is 1. The van der Waals surface area contributed by atoms with Gasteiger partial charge in [0.1, 0.15) is 11.6 Å². The van der Waals surface area contributed by atoms with Gasteiger partial charge in [-0.15, -0.1) is 0 Å². The van der Waals surface area contributed by atoms with Gasteiger partial charge in [0.15, 0.2) is 18.1 Å². The maximum atomic E-state index is 12.3. The van der Waals surface area contributed by atoms with E-state index in [0.29, 0.717) is 38.5 Å². The Balaban J connectivity index is 1.87. The van der Waals surface area contributed by atoms with Gasteiger partial charge in [-0.1, -0.05) is 34.1 Å². The molecule has 1 aromatic heterocycles. The number of carbonyl (C=O) groups is 1. The molecule has 0 spiro atoms. The number of aromatic amines is 1. The summed E-state index contributed by atoms with van der Waals surface area (Å²) in [4.78, 5) is 27.1. The lowest BCUT2D eigenvalue weighted by Crippen LogP contribution is -2.20. The molecule has 2 N–H and O–H groups in total. The molecule has 0 fully saturated rings. The molecule has 0 radical (unpaired) electrons. The third-order valence-electron chi connectivity index (χ3n) is 4.60. The Bertz CT molecular complexity index is 1240. The summed E-state index contributed by atoms with van der Waals surface area (Å²) in [6.07, 6.45) is 0. The number of carbonyl (C=O) groups excluding carboxylic acids is 1. The summed E-state index contributed by atoms with van der Waals surface area (Å²) < 4.78 is 11.7. The van der Waals surface area contributed by atoms with Crippen molar-refractivity contribution in [2.75, 3.05) is 19.0 Å². The average Bonchev–Trinajstić information content (AvgIpc) is 2.73. The first-order valence-corrected chi connectivity index (χ1v) is 10.1. The van der Waals surface area contributed by atoms with Crippen LogP contribution >= 0.6 is 15.9 Å². The number of rotatable bonds is 6. The van der Waals surface area contributed by atoms with Gasteiger partial charge in [-0.3, -0.25) is 9.59 Å². The minimum atomic E-state index is -0.462. The number of hydrogen-bond donors (Lipinski definition) is 2. The molecule has 0 saturated heterocycles. The van der Waals surface area contributed by atoms with E-state index in [4.69, 9.17) is 9.47 Å². The number of para-hydroxylation sites is 1. The zero-order valence-corrected chi connectivity index (χ0v) is 18.8. The predicted molar refractivity (Wildman–Crippen MR) is 122 cm³/mol. The lowest BCUT2D eigenvalue weighted by atomic mass is 10.0. The van der Waals surface area contributed by atoms with Crippen LogP contribution in [0.25, 0.3) is 11.1 Å². The van der Waals surface area contributed by atoms with Gasteiger partial charge in [0, 0.05) is 27.0 Å². The molecule has 31 heavy (non-hydrogen) atoms. The smallest absolute Gasteiger partial charge is 0.266 e. The van der Waals surface area contributed by atoms with Crippen molar-refractivity contribution < 1.29 is 14.3 Å². The van der Waals surface area contributed by atoms with E-state index < -0.39 is 5.56 Å². The van der Waals surface area contributed by atoms with Gasteiger partial charge in [-0.05, 0) is 43.7 Å². The lowest BCUT2D eigenvalue weighted by molar-refractivity contribution is -0.118. The number of pyridine rings is 1. The van der Waals surface area contributed by atoms with Crippen LogP contribution in [0.4, 0.5) is 5.69 Å². The Morgan fingerprint density at radius 2 is 1.90 bits per heavy atom. The van der Waals surface area contributed by atoms with Crippen LogP contribution in [-0.2, 0) is 4.79 Å². The zero-order chi connectivity index (χ0) is 22.5. The Hall–Kier alpha value is -3.57. The third-order valence-corrected chi connectivity index (χ3v) is 5.26. The molecule has 3 aromatic rings. The molecule has 0 aliphatic heterocycles. The minimum Gasteiger partial charge on any atom is -0.493 e. The number of benzene rings is 2. The first-order valence-electron chi connectivity index (χ1n) is 9.34. The molecule has 3 rings (SSSR count). The van der Waals surface area contributed by atoms with Gasteiger partial charge >= 0.3 is 0 Å². The SMILES string of the molecule is COc1cc(-c2cc(C)[nH]c(=O)c2C#N)c(Br)cc1OCC(=O)Nc1ccccc1C. The molecule has 0 aliphatic carbocycles. The fraction of sp³-hybridized carbons (Fsp3) is 0.174. The van der Waals surface area contributed by atoms with Crippen LogP contribution in [0, 0.1) is 25.2 Å². The summed E-state index contributed by atoms with van der Waals surface area (Å²) in [6, 6.07) is 14.4. The molecule has 0 saturated carbocycles. The average molecular weight is 482 g/mol. The normalized spacial score (nSPS) is 10.3. The number of nitrogens with one attached hydrogen (secondary N) is 2. The summed E-state index contributed by atoms with van der Waals surface area (Å²) in [5.41, 5.74) is 2.89. The fourth-order valence-electron chi connectivity index (χ4n) is 3.07. The van der Waals surface area contributed by atoms with Gasteiger partial charge in [0.2, 0.25) is 0 Å². The number of nitriles is 1. The molecule has 8 heteroatoms. The first kappa shape index (κ1) is 22.1. The number of amides is 1. The maximum Gasteiger partial charge on any atom is 0.266 e. The lowest BCUT2D eigenvalue weighted by Gasteiger charge is -2.15. The number of anilines is 1. The highest BCUT2D eigenvalue weighted by molar-refractivity contribution is 9.10. The van der Waals surface area contributed by atoms with E-state index in [-0.39, 0.29) is 18.1 Å². The van der Waals surface area contributed by atoms with E-state index in [1.54, 1.807) is 25.1 Å². The molecule has 0 atom stereocenters. The van der Waals surface area contributed by atoms with Crippen LogP contribution in [0.2, 0.25) is 0 Å². The molecule has 2 aromatic carbocycles. The van der Waals surface area contributed by atoms with Crippen molar-refractivity contribution >= 4 is 27.5 Å². The Morgan fingerprint density at radius 1 is 1.16 bits per heavy atom. The van der Waals surface area contributed by atoms with Gasteiger partial charge in [-0.25, -0.2) is 0 Å². The highest BCUT2D eigenvalue weighted by atomic mass is 79.9. The molecule has 0 aliphatic rings. The number of nitrogens with zero attached hydrogens (tertiary/aromatic N) is 1. The first-order chi connectivity index (χ1) is 14.8. The van der Waals surface area contributed by atoms with Crippen LogP contribution in [0.3, 0.4) is 0 Å². The van der Waals surface area contributed by atoms with Gasteiger partial charge < -0.3 is 19.8 Å². The van der Waals surface area contributed by atoms with Crippen molar-refractivity contribution in [3.05, 3.63) is 74.1 Å². The van der Waals surface area contributed by atoms with Crippen molar-refractivity contribution in [2.24, 2.45) is 0 Å². The Labute approximate surface area is 187 Å². The van der Waals surface area contributed by atoms with E-state index in [1.807, 2.05) is 37.3 Å². The monoisotopic (exact) mass is 481 g/mol. The van der Waals surface area contributed by atoms with Crippen LogP contribution in [0.15, 0.2) is 51.7 Å². The second-order valence-corrected chi connectivity index (χ2v) is 7.67. The topological polar surface area (TPSA) is 104 Å². The number of aromatic nitrogens is 1. The predicted octanol–water partition coefficient (Wildman–Crippen LogP) is 4.32. The summed E-state index contributed by atoms with van der Waals surface area (Å²) in [5.74, 6) is 0.399. The van der Waals surface area contributed by atoms with E-state index >= 15 is 0 Å². The molecule has 0 bridgehead atoms. The molecule has 7 nitrogen and oxygen atoms in total. The highest BCUT2D eigenvalue weighted by Gasteiger charge is 2.18. The number of hydrogen-bond acceptors (Lipinski definition) is 5. The van der Waals surface area contributed by atoms with Crippen molar-refractivity contribution in [2.45, 2.75) is 13.8 Å². The molecular weight excluding hydrogens is 462 g/mol. The summed E-state index contributed by atoms with van der Waals surface area (Å²) in [5, 5.41) is 12.2. The van der Waals surface area contributed by atoms with Crippen molar-refractivity contribution in [1.82, 2.24) is 4.98 Å². The van der Waals surface area contributed by atoms with Gasteiger partial charge in [-0.2, -0.15) is 5.26 Å². The molecular formula is C23H20BrN3O4. The van der Waals surface area contributed by atoms with E-state index in [2.05, 4.69) is 26.2 Å². The van der Waals surface area contributed by atoms with Crippen molar-refractivity contribution in [3.63, 3.8) is 0 Å². The highest BCUT2D eigenvalue weighted by Crippen LogP contribution is 2.39. The number of methoxy groups -OCH3 is 1. The Morgan fingerprint density at radius 3 is 2.58 bits per heavy atom. The van der Waals surface area contributed by atoms with E-state index in [0.717, 1.165) is 5.56 Å².